The lowest BCUT2D eigenvalue weighted by molar-refractivity contribution is 0.474. The second-order valence-electron chi connectivity index (χ2n) is 5.96. The Labute approximate surface area is 131 Å². The fraction of sp³-hybridized carbons (Fsp3) is 0.263. The summed E-state index contributed by atoms with van der Waals surface area (Å²) in [6.45, 7) is 3.14. The highest BCUT2D eigenvalue weighted by Gasteiger charge is 2.24. The van der Waals surface area contributed by atoms with E-state index in [4.69, 9.17) is 0 Å². The van der Waals surface area contributed by atoms with Crippen molar-refractivity contribution < 1.29 is 0 Å². The van der Waals surface area contributed by atoms with Crippen molar-refractivity contribution in [1.29, 1.82) is 0 Å². The van der Waals surface area contributed by atoms with Crippen LogP contribution in [0.1, 0.15) is 5.56 Å². The zero-order chi connectivity index (χ0) is 14.8. The van der Waals surface area contributed by atoms with Crippen LogP contribution in [-0.4, -0.2) is 30.7 Å². The van der Waals surface area contributed by atoms with Gasteiger partial charge >= 0.3 is 0 Å². The molecule has 1 saturated heterocycles. The zero-order valence-electron chi connectivity index (χ0n) is 12.6. The van der Waals surface area contributed by atoms with Crippen molar-refractivity contribution in [3.8, 4) is 0 Å². The van der Waals surface area contributed by atoms with Gasteiger partial charge in [-0.2, -0.15) is 0 Å². The summed E-state index contributed by atoms with van der Waals surface area (Å²) in [6, 6.07) is 20.0. The molecule has 2 heterocycles. The number of benzene rings is 2. The molecule has 0 saturated carbocycles. The van der Waals surface area contributed by atoms with Gasteiger partial charge in [-0.25, -0.2) is 0 Å². The minimum absolute atomic E-state index is 0.497. The topological polar surface area (TPSA) is 31.1 Å². The predicted molar refractivity (Wildman–Crippen MR) is 92.4 cm³/mol. The van der Waals surface area contributed by atoms with Crippen molar-refractivity contribution in [2.24, 2.45) is 0 Å². The average Bonchev–Trinajstić information content (AvgIpc) is 3.05. The highest BCUT2D eigenvalue weighted by Crippen LogP contribution is 2.29. The molecule has 2 aromatic carbocycles. The van der Waals surface area contributed by atoms with E-state index in [1.165, 1.54) is 22.2 Å². The molecule has 3 aromatic rings. The molecule has 0 aliphatic carbocycles. The van der Waals surface area contributed by atoms with Gasteiger partial charge in [0.05, 0.1) is 0 Å². The number of aromatic amines is 1. The Balaban J connectivity index is 1.67. The van der Waals surface area contributed by atoms with E-state index < -0.39 is 0 Å². The molecule has 0 amide bonds. The molecular formula is C19H21N3. The van der Waals surface area contributed by atoms with Crippen LogP contribution in [0, 0.1) is 0 Å². The average molecular weight is 291 g/mol. The standard InChI is InChI=1S/C19H21N3/c1-2-5-15(6-3-1)13-16-14-20-11-12-22(16)19-8-4-7-18-17(19)9-10-21-18/h1-10,16,20-21H,11-14H2. The molecule has 3 heteroatoms. The van der Waals surface area contributed by atoms with E-state index in [0.717, 1.165) is 26.1 Å². The van der Waals surface area contributed by atoms with Gasteiger partial charge in [-0.1, -0.05) is 36.4 Å². The Kier molecular flexibility index (Phi) is 3.57. The lowest BCUT2D eigenvalue weighted by Gasteiger charge is -2.38. The number of nitrogens with zero attached hydrogens (tertiary/aromatic N) is 1. The lowest BCUT2D eigenvalue weighted by Crippen LogP contribution is -2.52. The minimum Gasteiger partial charge on any atom is -0.365 e. The van der Waals surface area contributed by atoms with Gasteiger partial charge in [0.1, 0.15) is 0 Å². The Morgan fingerprint density at radius 2 is 1.91 bits per heavy atom. The zero-order valence-corrected chi connectivity index (χ0v) is 12.6. The van der Waals surface area contributed by atoms with Crippen molar-refractivity contribution in [3.05, 3.63) is 66.4 Å². The number of fused-ring (bicyclic) bond motifs is 1. The van der Waals surface area contributed by atoms with Crippen molar-refractivity contribution in [3.63, 3.8) is 0 Å². The first-order chi connectivity index (χ1) is 10.9. The number of nitrogens with one attached hydrogen (secondary N) is 2. The molecule has 0 spiro atoms. The molecule has 0 radical (unpaired) electrons. The molecule has 1 aromatic heterocycles. The Hall–Kier alpha value is -2.26. The summed E-state index contributed by atoms with van der Waals surface area (Å²) in [5.41, 5.74) is 3.97. The fourth-order valence-corrected chi connectivity index (χ4v) is 3.47. The summed E-state index contributed by atoms with van der Waals surface area (Å²) in [5, 5.41) is 4.87. The van der Waals surface area contributed by atoms with E-state index in [1.807, 2.05) is 6.20 Å². The predicted octanol–water partition coefficient (Wildman–Crippen LogP) is 3.19. The maximum absolute atomic E-state index is 3.55. The molecule has 4 rings (SSSR count). The number of aromatic nitrogens is 1. The third kappa shape index (κ3) is 2.48. The highest BCUT2D eigenvalue weighted by molar-refractivity contribution is 5.92. The van der Waals surface area contributed by atoms with Crippen LogP contribution in [0.3, 0.4) is 0 Å². The van der Waals surface area contributed by atoms with Crippen molar-refractivity contribution in [2.75, 3.05) is 24.5 Å². The van der Waals surface area contributed by atoms with Gasteiger partial charge < -0.3 is 15.2 Å². The number of hydrogen-bond acceptors (Lipinski definition) is 2. The molecule has 1 fully saturated rings. The van der Waals surface area contributed by atoms with Crippen LogP contribution < -0.4 is 10.2 Å². The van der Waals surface area contributed by atoms with E-state index in [0.29, 0.717) is 6.04 Å². The largest absolute Gasteiger partial charge is 0.365 e. The van der Waals surface area contributed by atoms with E-state index in [9.17, 15) is 0 Å². The van der Waals surface area contributed by atoms with Crippen LogP contribution in [-0.2, 0) is 6.42 Å². The number of H-pyrrole nitrogens is 1. The Morgan fingerprint density at radius 1 is 1.00 bits per heavy atom. The van der Waals surface area contributed by atoms with Crippen molar-refractivity contribution in [2.45, 2.75) is 12.5 Å². The normalized spacial score (nSPS) is 18.7. The number of hydrogen-bond donors (Lipinski definition) is 2. The first-order valence-corrected chi connectivity index (χ1v) is 7.99. The van der Waals surface area contributed by atoms with Crippen LogP contribution >= 0.6 is 0 Å². The molecule has 1 aliphatic rings. The Bertz CT molecular complexity index is 747. The number of rotatable bonds is 3. The van der Waals surface area contributed by atoms with E-state index in [1.54, 1.807) is 0 Å². The highest BCUT2D eigenvalue weighted by atomic mass is 15.2. The fourth-order valence-electron chi connectivity index (χ4n) is 3.47. The van der Waals surface area contributed by atoms with Crippen LogP contribution in [0.5, 0.6) is 0 Å². The molecule has 112 valence electrons. The first-order valence-electron chi connectivity index (χ1n) is 7.99. The molecule has 3 nitrogen and oxygen atoms in total. The van der Waals surface area contributed by atoms with Gasteiger partial charge in [-0.3, -0.25) is 0 Å². The summed E-state index contributed by atoms with van der Waals surface area (Å²) in [5.74, 6) is 0. The molecule has 22 heavy (non-hydrogen) atoms. The third-order valence-corrected chi connectivity index (χ3v) is 4.55. The summed E-state index contributed by atoms with van der Waals surface area (Å²) in [4.78, 5) is 5.89. The third-order valence-electron chi connectivity index (χ3n) is 4.55. The summed E-state index contributed by atoms with van der Waals surface area (Å²) < 4.78 is 0. The summed E-state index contributed by atoms with van der Waals surface area (Å²) in [6.07, 6.45) is 3.11. The van der Waals surface area contributed by atoms with Crippen LogP contribution in [0.2, 0.25) is 0 Å². The number of anilines is 1. The van der Waals surface area contributed by atoms with Gasteiger partial charge in [0, 0.05) is 48.5 Å². The molecule has 1 atom stereocenters. The van der Waals surface area contributed by atoms with Crippen molar-refractivity contribution >= 4 is 16.6 Å². The molecule has 0 bridgehead atoms. The second kappa shape index (κ2) is 5.85. The van der Waals surface area contributed by atoms with E-state index in [-0.39, 0.29) is 0 Å². The number of piperazine rings is 1. The Morgan fingerprint density at radius 3 is 2.82 bits per heavy atom. The summed E-state index contributed by atoms with van der Waals surface area (Å²) >= 11 is 0. The maximum atomic E-state index is 3.55. The van der Waals surface area contributed by atoms with E-state index >= 15 is 0 Å². The van der Waals surface area contributed by atoms with Gasteiger partial charge in [-0.15, -0.1) is 0 Å². The van der Waals surface area contributed by atoms with Crippen LogP contribution in [0.4, 0.5) is 5.69 Å². The lowest BCUT2D eigenvalue weighted by atomic mass is 10.0. The monoisotopic (exact) mass is 291 g/mol. The molecule has 1 unspecified atom stereocenters. The minimum atomic E-state index is 0.497. The molecular weight excluding hydrogens is 270 g/mol. The molecule has 1 aliphatic heterocycles. The van der Waals surface area contributed by atoms with E-state index in [2.05, 4.69) is 69.8 Å². The van der Waals surface area contributed by atoms with Crippen LogP contribution in [0.25, 0.3) is 10.9 Å². The quantitative estimate of drug-likeness (QED) is 0.776. The van der Waals surface area contributed by atoms with Gasteiger partial charge in [0.25, 0.3) is 0 Å². The van der Waals surface area contributed by atoms with Crippen LogP contribution in [0.15, 0.2) is 60.8 Å². The molecule has 2 N–H and O–H groups in total. The SMILES string of the molecule is c1ccc(CC2CNCCN2c2cccc3[nH]ccc23)cc1. The second-order valence-corrected chi connectivity index (χ2v) is 5.96. The van der Waals surface area contributed by atoms with Crippen molar-refractivity contribution in [1.82, 2.24) is 10.3 Å². The van der Waals surface area contributed by atoms with Gasteiger partial charge in [0.2, 0.25) is 0 Å². The first kappa shape index (κ1) is 13.4. The summed E-state index contributed by atoms with van der Waals surface area (Å²) in [7, 11) is 0. The van der Waals surface area contributed by atoms with Gasteiger partial charge in [-0.05, 0) is 30.2 Å². The van der Waals surface area contributed by atoms with Gasteiger partial charge in [0.15, 0.2) is 0 Å². The smallest absolute Gasteiger partial charge is 0.0474 e. The maximum Gasteiger partial charge on any atom is 0.0474 e.